The predicted molar refractivity (Wildman–Crippen MR) is 54.8 cm³/mol. The van der Waals surface area contributed by atoms with Crippen LogP contribution in [-0.4, -0.2) is 16.4 Å². The molecule has 0 radical (unpaired) electrons. The summed E-state index contributed by atoms with van der Waals surface area (Å²) in [5, 5.41) is 9.94. The monoisotopic (exact) mass is 200 g/mol. The van der Waals surface area contributed by atoms with Crippen molar-refractivity contribution in [3.63, 3.8) is 0 Å². The van der Waals surface area contributed by atoms with Crippen molar-refractivity contribution >= 4 is 0 Å². The second kappa shape index (κ2) is 3.19. The Morgan fingerprint density at radius 1 is 1.14 bits per heavy atom. The van der Waals surface area contributed by atoms with E-state index in [1.165, 1.54) is 0 Å². The number of alkyl halides is 1. The lowest BCUT2D eigenvalue weighted by molar-refractivity contribution is -0.00981. The second-order valence-electron chi connectivity index (χ2n) is 5.57. The minimum Gasteiger partial charge on any atom is -0.390 e. The third-order valence-electron chi connectivity index (χ3n) is 4.37. The van der Waals surface area contributed by atoms with Crippen LogP contribution in [0.5, 0.6) is 0 Å². The fourth-order valence-corrected chi connectivity index (χ4v) is 2.75. The van der Waals surface area contributed by atoms with Gasteiger partial charge in [-0.3, -0.25) is 0 Å². The summed E-state index contributed by atoms with van der Waals surface area (Å²) in [6.45, 7) is 3.93. The SMILES string of the molecule is CC(C)C1(F)CCC(C2(O)CC2)CC1. The molecule has 0 bridgehead atoms. The molecule has 2 aliphatic carbocycles. The van der Waals surface area contributed by atoms with Crippen LogP contribution in [0.25, 0.3) is 0 Å². The van der Waals surface area contributed by atoms with Crippen molar-refractivity contribution in [3.05, 3.63) is 0 Å². The van der Waals surface area contributed by atoms with Crippen molar-refractivity contribution in [2.24, 2.45) is 11.8 Å². The van der Waals surface area contributed by atoms with Gasteiger partial charge in [0.2, 0.25) is 0 Å². The second-order valence-corrected chi connectivity index (χ2v) is 5.57. The molecule has 0 aromatic carbocycles. The van der Waals surface area contributed by atoms with Crippen molar-refractivity contribution in [2.75, 3.05) is 0 Å². The highest BCUT2D eigenvalue weighted by molar-refractivity contribution is 5.03. The van der Waals surface area contributed by atoms with Crippen LogP contribution in [0.15, 0.2) is 0 Å². The van der Waals surface area contributed by atoms with Gasteiger partial charge in [0.05, 0.1) is 5.60 Å². The van der Waals surface area contributed by atoms with Crippen molar-refractivity contribution in [1.82, 2.24) is 0 Å². The van der Waals surface area contributed by atoms with Gasteiger partial charge in [0.25, 0.3) is 0 Å². The number of aliphatic hydroxyl groups is 1. The summed E-state index contributed by atoms with van der Waals surface area (Å²) in [4.78, 5) is 0. The lowest BCUT2D eigenvalue weighted by atomic mass is 9.72. The van der Waals surface area contributed by atoms with Gasteiger partial charge in [0, 0.05) is 0 Å². The van der Waals surface area contributed by atoms with Gasteiger partial charge < -0.3 is 5.11 Å². The molecule has 0 heterocycles. The van der Waals surface area contributed by atoms with E-state index < -0.39 is 11.3 Å². The van der Waals surface area contributed by atoms with E-state index in [0.717, 1.165) is 25.7 Å². The van der Waals surface area contributed by atoms with E-state index in [1.54, 1.807) is 0 Å². The highest BCUT2D eigenvalue weighted by Crippen LogP contribution is 2.51. The van der Waals surface area contributed by atoms with Crippen LogP contribution >= 0.6 is 0 Å². The van der Waals surface area contributed by atoms with Crippen LogP contribution in [0.1, 0.15) is 52.4 Å². The van der Waals surface area contributed by atoms with E-state index in [1.807, 2.05) is 13.8 Å². The molecule has 2 saturated carbocycles. The molecule has 0 unspecified atom stereocenters. The molecule has 0 aromatic heterocycles. The summed E-state index contributed by atoms with van der Waals surface area (Å²) in [6, 6.07) is 0. The Labute approximate surface area is 85.7 Å². The van der Waals surface area contributed by atoms with Crippen LogP contribution in [-0.2, 0) is 0 Å². The summed E-state index contributed by atoms with van der Waals surface area (Å²) in [6.07, 6.45) is 4.95. The molecule has 2 fully saturated rings. The summed E-state index contributed by atoms with van der Waals surface area (Å²) < 4.78 is 14.2. The van der Waals surface area contributed by atoms with Gasteiger partial charge in [-0.25, -0.2) is 4.39 Å². The third-order valence-corrected chi connectivity index (χ3v) is 4.37. The minimum absolute atomic E-state index is 0.122. The lowest BCUT2D eigenvalue weighted by Gasteiger charge is -2.38. The first kappa shape index (κ1) is 10.4. The maximum absolute atomic E-state index is 14.2. The molecule has 1 N–H and O–H groups in total. The quantitative estimate of drug-likeness (QED) is 0.726. The molecular formula is C12H21FO. The molecule has 0 aliphatic heterocycles. The number of hydrogen-bond acceptors (Lipinski definition) is 1. The van der Waals surface area contributed by atoms with Crippen molar-refractivity contribution < 1.29 is 9.50 Å². The Hall–Kier alpha value is -0.110. The van der Waals surface area contributed by atoms with Crippen LogP contribution in [0, 0.1) is 11.8 Å². The molecule has 2 rings (SSSR count). The van der Waals surface area contributed by atoms with Crippen LogP contribution in [0.2, 0.25) is 0 Å². The Morgan fingerprint density at radius 3 is 2.00 bits per heavy atom. The summed E-state index contributed by atoms with van der Waals surface area (Å²) >= 11 is 0. The normalized spacial score (nSPS) is 41.4. The third kappa shape index (κ3) is 1.69. The Morgan fingerprint density at radius 2 is 1.64 bits per heavy atom. The summed E-state index contributed by atoms with van der Waals surface area (Å²) in [5.41, 5.74) is -1.35. The van der Waals surface area contributed by atoms with Gasteiger partial charge in [-0.2, -0.15) is 0 Å². The molecule has 2 heteroatoms. The van der Waals surface area contributed by atoms with Gasteiger partial charge >= 0.3 is 0 Å². The van der Waals surface area contributed by atoms with Gasteiger partial charge in [0.1, 0.15) is 5.67 Å². The Balaban J connectivity index is 1.92. The molecule has 0 aromatic rings. The van der Waals surface area contributed by atoms with E-state index in [2.05, 4.69) is 0 Å². The first-order valence-corrected chi connectivity index (χ1v) is 5.88. The minimum atomic E-state index is -0.957. The molecule has 1 nitrogen and oxygen atoms in total. The smallest absolute Gasteiger partial charge is 0.113 e. The summed E-state index contributed by atoms with van der Waals surface area (Å²) in [5.74, 6) is 0.502. The molecule has 82 valence electrons. The average molecular weight is 200 g/mol. The standard InChI is InChI=1S/C12H21FO/c1-9(2)11(13)5-3-10(4-6-11)12(14)7-8-12/h9-10,14H,3-8H2,1-2H3. The van der Waals surface area contributed by atoms with E-state index in [-0.39, 0.29) is 5.92 Å². The van der Waals surface area contributed by atoms with E-state index in [0.29, 0.717) is 18.8 Å². The van der Waals surface area contributed by atoms with E-state index in [4.69, 9.17) is 0 Å². The number of halogens is 1. The molecule has 0 amide bonds. The van der Waals surface area contributed by atoms with E-state index >= 15 is 0 Å². The van der Waals surface area contributed by atoms with Crippen molar-refractivity contribution in [2.45, 2.75) is 63.6 Å². The summed E-state index contributed by atoms with van der Waals surface area (Å²) in [7, 11) is 0. The Kier molecular flexibility index (Phi) is 2.37. The molecular weight excluding hydrogens is 179 g/mol. The van der Waals surface area contributed by atoms with Crippen molar-refractivity contribution in [1.29, 1.82) is 0 Å². The maximum Gasteiger partial charge on any atom is 0.113 e. The molecule has 2 aliphatic rings. The topological polar surface area (TPSA) is 20.2 Å². The Bertz CT molecular complexity index is 212. The zero-order chi connectivity index (χ0) is 10.4. The molecule has 14 heavy (non-hydrogen) atoms. The highest BCUT2D eigenvalue weighted by atomic mass is 19.1. The van der Waals surface area contributed by atoms with Gasteiger partial charge in [-0.15, -0.1) is 0 Å². The largest absolute Gasteiger partial charge is 0.390 e. The zero-order valence-electron chi connectivity index (χ0n) is 9.22. The number of hydrogen-bond donors (Lipinski definition) is 1. The van der Waals surface area contributed by atoms with Crippen LogP contribution < -0.4 is 0 Å². The first-order chi connectivity index (χ1) is 6.46. The highest BCUT2D eigenvalue weighted by Gasteiger charge is 2.51. The number of rotatable bonds is 2. The van der Waals surface area contributed by atoms with Crippen LogP contribution in [0.3, 0.4) is 0 Å². The van der Waals surface area contributed by atoms with Crippen LogP contribution in [0.4, 0.5) is 4.39 Å². The molecule has 0 atom stereocenters. The van der Waals surface area contributed by atoms with Crippen molar-refractivity contribution in [3.8, 4) is 0 Å². The van der Waals surface area contributed by atoms with E-state index in [9.17, 15) is 9.50 Å². The van der Waals surface area contributed by atoms with Gasteiger partial charge in [0.15, 0.2) is 0 Å². The first-order valence-electron chi connectivity index (χ1n) is 5.88. The van der Waals surface area contributed by atoms with Gasteiger partial charge in [-0.05, 0) is 50.4 Å². The maximum atomic E-state index is 14.2. The van der Waals surface area contributed by atoms with Gasteiger partial charge in [-0.1, -0.05) is 13.8 Å². The fourth-order valence-electron chi connectivity index (χ4n) is 2.75. The zero-order valence-corrected chi connectivity index (χ0v) is 9.22. The fraction of sp³-hybridized carbons (Fsp3) is 1.00. The average Bonchev–Trinajstić information content (AvgIpc) is 2.86. The predicted octanol–water partition coefficient (Wildman–Crippen LogP) is 3.07. The molecule has 0 spiro atoms. The lowest BCUT2D eigenvalue weighted by Crippen LogP contribution is -2.38. The molecule has 0 saturated heterocycles.